The number of aryl methyl sites for hydroxylation is 1. The molecule has 0 saturated heterocycles. The van der Waals surface area contributed by atoms with Crippen LogP contribution >= 0.6 is 0 Å². The first kappa shape index (κ1) is 23.3. The van der Waals surface area contributed by atoms with E-state index in [1.54, 1.807) is 0 Å². The smallest absolute Gasteiger partial charge is 0.135 e. The highest BCUT2D eigenvalue weighted by molar-refractivity contribution is 6.07. The normalized spacial score (nSPS) is 15.1. The summed E-state index contributed by atoms with van der Waals surface area (Å²) in [5.74, 6) is 0. The van der Waals surface area contributed by atoms with Crippen LogP contribution in [0.25, 0.3) is 44.2 Å². The molecule has 1 aliphatic heterocycles. The second kappa shape index (κ2) is 9.49. The van der Waals surface area contributed by atoms with Gasteiger partial charge in [-0.1, -0.05) is 91.5 Å². The summed E-state index contributed by atoms with van der Waals surface area (Å²) in [5, 5.41) is 2.37. The number of fused-ring (bicyclic) bond motifs is 4. The van der Waals surface area contributed by atoms with E-state index in [1.165, 1.54) is 50.0 Å². The van der Waals surface area contributed by atoms with E-state index >= 15 is 0 Å². The first-order valence-electron chi connectivity index (χ1n) is 13.5. The molecule has 0 N–H and O–H groups in total. The highest BCUT2D eigenvalue weighted by Gasteiger charge is 2.20. The van der Waals surface area contributed by atoms with Gasteiger partial charge < -0.3 is 9.32 Å². The lowest BCUT2D eigenvalue weighted by atomic mass is 9.92. The Morgan fingerprint density at radius 3 is 2.38 bits per heavy atom. The third kappa shape index (κ3) is 4.15. The Morgan fingerprint density at radius 2 is 1.49 bits per heavy atom. The molecule has 1 aromatic heterocycles. The summed E-state index contributed by atoms with van der Waals surface area (Å²) in [7, 11) is 0. The van der Waals surface area contributed by atoms with Crippen LogP contribution < -0.4 is 4.90 Å². The molecule has 0 unspecified atom stereocenters. The van der Waals surface area contributed by atoms with Crippen LogP contribution in [0.15, 0.2) is 132 Å². The summed E-state index contributed by atoms with van der Waals surface area (Å²) in [6.07, 6.45) is 3.16. The lowest BCUT2D eigenvalue weighted by Crippen LogP contribution is -2.21. The molecule has 7 rings (SSSR count). The third-order valence-electron chi connectivity index (χ3n) is 7.83. The Kier molecular flexibility index (Phi) is 5.67. The van der Waals surface area contributed by atoms with Gasteiger partial charge in [0.1, 0.15) is 11.2 Å². The van der Waals surface area contributed by atoms with Gasteiger partial charge in [-0.25, -0.2) is 0 Å². The van der Waals surface area contributed by atoms with Crippen molar-refractivity contribution < 1.29 is 4.42 Å². The van der Waals surface area contributed by atoms with Crippen LogP contribution in [-0.2, 0) is 0 Å². The number of para-hydroxylation sites is 1. The van der Waals surface area contributed by atoms with Crippen LogP contribution in [0.4, 0.5) is 11.4 Å². The summed E-state index contributed by atoms with van der Waals surface area (Å²) in [6.45, 7) is 7.53. The molecule has 0 atom stereocenters. The molecule has 0 bridgehead atoms. The molecule has 39 heavy (non-hydrogen) atoms. The van der Waals surface area contributed by atoms with E-state index in [0.717, 1.165) is 35.3 Å². The minimum atomic E-state index is 0.859. The first-order chi connectivity index (χ1) is 19.2. The second-order valence-corrected chi connectivity index (χ2v) is 10.3. The lowest BCUT2D eigenvalue weighted by molar-refractivity contribution is 0.669. The average Bonchev–Trinajstić information content (AvgIpc) is 3.36. The molecule has 1 aliphatic rings. The van der Waals surface area contributed by atoms with Gasteiger partial charge in [-0.15, -0.1) is 0 Å². The summed E-state index contributed by atoms with van der Waals surface area (Å²) >= 11 is 0. The van der Waals surface area contributed by atoms with E-state index in [9.17, 15) is 0 Å². The summed E-state index contributed by atoms with van der Waals surface area (Å²) in [5.41, 5.74) is 12.6. The number of nitrogens with zero attached hydrogens (tertiary/aromatic N) is 1. The fourth-order valence-electron chi connectivity index (χ4n) is 5.88. The van der Waals surface area contributed by atoms with Crippen LogP contribution in [0.5, 0.6) is 0 Å². The zero-order chi connectivity index (χ0) is 26.3. The summed E-state index contributed by atoms with van der Waals surface area (Å²) < 4.78 is 6.17. The van der Waals surface area contributed by atoms with Gasteiger partial charge >= 0.3 is 0 Å². The van der Waals surface area contributed by atoms with E-state index in [2.05, 4.69) is 140 Å². The summed E-state index contributed by atoms with van der Waals surface area (Å²) in [4.78, 5) is 2.44. The first-order valence-corrected chi connectivity index (χ1v) is 13.5. The Balaban J connectivity index is 1.32. The number of hydrogen-bond donors (Lipinski definition) is 0. The lowest BCUT2D eigenvalue weighted by Gasteiger charge is -2.30. The molecule has 2 nitrogen and oxygen atoms in total. The molecule has 6 aromatic rings. The fraction of sp³-hybridized carbons (Fsp3) is 0.0811. The predicted molar refractivity (Wildman–Crippen MR) is 165 cm³/mol. The minimum absolute atomic E-state index is 0.859. The van der Waals surface area contributed by atoms with Gasteiger partial charge in [-0.05, 0) is 83.1 Å². The maximum atomic E-state index is 6.17. The quantitative estimate of drug-likeness (QED) is 0.239. The van der Waals surface area contributed by atoms with Crippen molar-refractivity contribution in [1.29, 1.82) is 0 Å². The Bertz CT molecular complexity index is 1890. The molecule has 2 heterocycles. The van der Waals surface area contributed by atoms with Crippen molar-refractivity contribution in [3.63, 3.8) is 0 Å². The molecule has 0 aliphatic carbocycles. The van der Waals surface area contributed by atoms with Crippen molar-refractivity contribution in [2.24, 2.45) is 0 Å². The fourth-order valence-corrected chi connectivity index (χ4v) is 5.88. The monoisotopic (exact) mass is 503 g/mol. The summed E-state index contributed by atoms with van der Waals surface area (Å²) in [6, 6.07) is 40.9. The highest BCUT2D eigenvalue weighted by Crippen LogP contribution is 2.40. The van der Waals surface area contributed by atoms with Gasteiger partial charge in [0.25, 0.3) is 0 Å². The zero-order valence-corrected chi connectivity index (χ0v) is 22.0. The molecule has 0 saturated carbocycles. The van der Waals surface area contributed by atoms with Crippen molar-refractivity contribution in [3.05, 3.63) is 145 Å². The van der Waals surface area contributed by atoms with Gasteiger partial charge in [-0.2, -0.15) is 0 Å². The van der Waals surface area contributed by atoms with Crippen molar-refractivity contribution in [2.45, 2.75) is 13.3 Å². The van der Waals surface area contributed by atoms with Crippen LogP contribution in [0.1, 0.15) is 23.1 Å². The minimum Gasteiger partial charge on any atom is -0.456 e. The molecule has 5 aromatic carbocycles. The molecule has 188 valence electrons. The topological polar surface area (TPSA) is 16.4 Å². The molecular weight excluding hydrogens is 474 g/mol. The molecular formula is C37H29NO. The second-order valence-electron chi connectivity index (χ2n) is 10.3. The van der Waals surface area contributed by atoms with Gasteiger partial charge in [0.2, 0.25) is 0 Å². The number of benzene rings is 5. The molecule has 0 spiro atoms. The van der Waals surface area contributed by atoms with Crippen molar-refractivity contribution in [2.75, 3.05) is 11.4 Å². The van der Waals surface area contributed by atoms with Crippen LogP contribution in [0, 0.1) is 6.92 Å². The highest BCUT2D eigenvalue weighted by atomic mass is 16.3. The standard InChI is InChI=1S/C37H29NO/c1-25-10-8-17-36-37(25)33-24-29(18-19-35(33)39-36)30-20-21-38(34-16-7-6-15-32(34)26(2)22-30)31-14-9-13-28(23-31)27-11-4-3-5-12-27/h3-19,22-24H,2,20-21H2,1H3/b30-22+. The average molecular weight is 504 g/mol. The largest absolute Gasteiger partial charge is 0.456 e. The number of anilines is 2. The van der Waals surface area contributed by atoms with Gasteiger partial charge in [-0.3, -0.25) is 0 Å². The van der Waals surface area contributed by atoms with E-state index < -0.39 is 0 Å². The third-order valence-corrected chi connectivity index (χ3v) is 7.83. The van der Waals surface area contributed by atoms with Crippen LogP contribution in [0.2, 0.25) is 0 Å². The van der Waals surface area contributed by atoms with Gasteiger partial charge in [0.15, 0.2) is 0 Å². The molecule has 0 radical (unpaired) electrons. The predicted octanol–water partition coefficient (Wildman–Crippen LogP) is 10.2. The van der Waals surface area contributed by atoms with Gasteiger partial charge in [0, 0.05) is 34.3 Å². The van der Waals surface area contributed by atoms with Crippen LogP contribution in [-0.4, -0.2) is 6.54 Å². The van der Waals surface area contributed by atoms with Crippen LogP contribution in [0.3, 0.4) is 0 Å². The van der Waals surface area contributed by atoms with Crippen molar-refractivity contribution in [3.8, 4) is 11.1 Å². The SMILES string of the molecule is C=C1/C=C(/c2ccc3oc4cccc(C)c4c3c2)CCN(c2cccc(-c3ccccc3)c2)c2ccccc21. The number of allylic oxidation sites excluding steroid dienone is 2. The van der Waals surface area contributed by atoms with Crippen molar-refractivity contribution in [1.82, 2.24) is 0 Å². The zero-order valence-electron chi connectivity index (χ0n) is 22.0. The maximum absolute atomic E-state index is 6.17. The molecule has 2 heteroatoms. The Labute approximate surface area is 229 Å². The van der Waals surface area contributed by atoms with E-state index in [-0.39, 0.29) is 0 Å². The van der Waals surface area contributed by atoms with Gasteiger partial charge in [0.05, 0.1) is 0 Å². The Hall–Kier alpha value is -4.82. The number of furan rings is 1. The van der Waals surface area contributed by atoms with E-state index in [1.807, 2.05) is 0 Å². The Morgan fingerprint density at radius 1 is 0.692 bits per heavy atom. The molecule has 0 fully saturated rings. The number of rotatable bonds is 3. The van der Waals surface area contributed by atoms with E-state index in [4.69, 9.17) is 4.42 Å². The molecule has 0 amide bonds. The van der Waals surface area contributed by atoms with Crippen molar-refractivity contribution >= 4 is 44.5 Å². The van der Waals surface area contributed by atoms with E-state index in [0.29, 0.717) is 0 Å². The maximum Gasteiger partial charge on any atom is 0.135 e. The number of hydrogen-bond acceptors (Lipinski definition) is 2.